The standard InChI is InChI=1S/C12H10ClN3O2/c13-9-5-7-10(8-6-9)14-11-3-1-2-4-12(11)15-16(17)18/h1-8,14-15H. The van der Waals surface area contributed by atoms with Crippen molar-refractivity contribution in [2.45, 2.75) is 0 Å². The van der Waals surface area contributed by atoms with Gasteiger partial charge in [0, 0.05) is 10.7 Å². The van der Waals surface area contributed by atoms with Crippen LogP contribution in [0.15, 0.2) is 48.5 Å². The van der Waals surface area contributed by atoms with E-state index in [1.807, 2.05) is 0 Å². The zero-order valence-corrected chi connectivity index (χ0v) is 10.0. The maximum absolute atomic E-state index is 10.5. The summed E-state index contributed by atoms with van der Waals surface area (Å²) in [6, 6.07) is 14.0. The lowest BCUT2D eigenvalue weighted by molar-refractivity contribution is -0.445. The molecule has 0 bridgehead atoms. The van der Waals surface area contributed by atoms with Crippen LogP contribution in [0, 0.1) is 10.1 Å². The van der Waals surface area contributed by atoms with Crippen LogP contribution in [0.2, 0.25) is 5.02 Å². The van der Waals surface area contributed by atoms with Crippen molar-refractivity contribution in [3.63, 3.8) is 0 Å². The van der Waals surface area contributed by atoms with Crippen molar-refractivity contribution in [1.82, 2.24) is 0 Å². The van der Waals surface area contributed by atoms with E-state index in [-0.39, 0.29) is 0 Å². The Morgan fingerprint density at radius 3 is 2.22 bits per heavy atom. The highest BCUT2D eigenvalue weighted by molar-refractivity contribution is 6.30. The Morgan fingerprint density at radius 2 is 1.61 bits per heavy atom. The van der Waals surface area contributed by atoms with Crippen LogP contribution in [0.25, 0.3) is 0 Å². The summed E-state index contributed by atoms with van der Waals surface area (Å²) in [4.78, 5) is 10.5. The SMILES string of the molecule is O=[N+]([O-])Nc1ccccc1Nc1ccc(Cl)cc1. The minimum Gasteiger partial charge on any atom is -0.354 e. The molecular weight excluding hydrogens is 254 g/mol. The van der Waals surface area contributed by atoms with E-state index in [0.29, 0.717) is 16.4 Å². The number of nitro groups is 1. The zero-order valence-electron chi connectivity index (χ0n) is 9.26. The van der Waals surface area contributed by atoms with Crippen LogP contribution in [-0.4, -0.2) is 5.03 Å². The van der Waals surface area contributed by atoms with Gasteiger partial charge in [0.25, 0.3) is 0 Å². The Hall–Kier alpha value is -2.27. The van der Waals surface area contributed by atoms with E-state index in [1.54, 1.807) is 48.5 Å². The third kappa shape index (κ3) is 3.11. The van der Waals surface area contributed by atoms with Crippen molar-refractivity contribution in [3.05, 3.63) is 63.7 Å². The molecule has 0 amide bonds. The Morgan fingerprint density at radius 1 is 1.00 bits per heavy atom. The molecule has 0 heterocycles. The summed E-state index contributed by atoms with van der Waals surface area (Å²) in [6.07, 6.45) is 0. The average molecular weight is 264 g/mol. The van der Waals surface area contributed by atoms with Crippen LogP contribution in [0.1, 0.15) is 0 Å². The first-order valence-electron chi connectivity index (χ1n) is 5.18. The number of rotatable bonds is 4. The molecule has 2 aromatic carbocycles. The summed E-state index contributed by atoms with van der Waals surface area (Å²) in [7, 11) is 0. The fourth-order valence-electron chi connectivity index (χ4n) is 1.48. The number of para-hydroxylation sites is 2. The third-order valence-corrected chi connectivity index (χ3v) is 2.51. The molecule has 5 nitrogen and oxygen atoms in total. The second-order valence-electron chi connectivity index (χ2n) is 3.55. The smallest absolute Gasteiger partial charge is 0.162 e. The highest BCUT2D eigenvalue weighted by Gasteiger charge is 2.06. The number of anilines is 3. The van der Waals surface area contributed by atoms with Crippen LogP contribution in [-0.2, 0) is 0 Å². The highest BCUT2D eigenvalue weighted by atomic mass is 35.5. The summed E-state index contributed by atoms with van der Waals surface area (Å²) in [6.45, 7) is 0. The summed E-state index contributed by atoms with van der Waals surface area (Å²) >= 11 is 5.79. The van der Waals surface area contributed by atoms with Crippen molar-refractivity contribution >= 4 is 28.7 Å². The third-order valence-electron chi connectivity index (χ3n) is 2.26. The second-order valence-corrected chi connectivity index (χ2v) is 3.98. The average Bonchev–Trinajstić information content (AvgIpc) is 2.34. The Balaban J connectivity index is 2.23. The van der Waals surface area contributed by atoms with E-state index in [9.17, 15) is 10.1 Å². The first-order chi connectivity index (χ1) is 8.65. The number of benzene rings is 2. The van der Waals surface area contributed by atoms with E-state index in [1.165, 1.54) is 0 Å². The van der Waals surface area contributed by atoms with Crippen molar-refractivity contribution in [1.29, 1.82) is 0 Å². The van der Waals surface area contributed by atoms with E-state index < -0.39 is 5.03 Å². The van der Waals surface area contributed by atoms with Crippen LogP contribution < -0.4 is 10.7 Å². The molecule has 0 unspecified atom stereocenters. The molecule has 0 spiro atoms. The molecule has 0 saturated carbocycles. The molecular formula is C12H10ClN3O2. The number of hydrazine groups is 1. The van der Waals surface area contributed by atoms with Gasteiger partial charge in [-0.2, -0.15) is 0 Å². The first kappa shape index (κ1) is 12.2. The van der Waals surface area contributed by atoms with Crippen LogP contribution >= 0.6 is 11.6 Å². The van der Waals surface area contributed by atoms with Gasteiger partial charge in [-0.3, -0.25) is 0 Å². The second kappa shape index (κ2) is 5.37. The molecule has 2 N–H and O–H groups in total. The van der Waals surface area contributed by atoms with Crippen LogP contribution in [0.4, 0.5) is 17.1 Å². The highest BCUT2D eigenvalue weighted by Crippen LogP contribution is 2.25. The van der Waals surface area contributed by atoms with Crippen molar-refractivity contribution < 1.29 is 5.03 Å². The van der Waals surface area contributed by atoms with Gasteiger partial charge in [0.1, 0.15) is 5.69 Å². The Bertz CT molecular complexity index is 558. The Labute approximate surface area is 109 Å². The predicted molar refractivity (Wildman–Crippen MR) is 71.8 cm³/mol. The number of hydrogen-bond donors (Lipinski definition) is 2. The number of hydrogen-bond acceptors (Lipinski definition) is 3. The lowest BCUT2D eigenvalue weighted by atomic mass is 10.2. The minimum absolute atomic E-state index is 0.400. The van der Waals surface area contributed by atoms with Gasteiger partial charge >= 0.3 is 0 Å². The number of nitrogens with zero attached hydrogens (tertiary/aromatic N) is 1. The lowest BCUT2D eigenvalue weighted by Gasteiger charge is -2.09. The van der Waals surface area contributed by atoms with Crippen LogP contribution in [0.5, 0.6) is 0 Å². The fourth-order valence-corrected chi connectivity index (χ4v) is 1.60. The molecule has 0 aliphatic carbocycles. The lowest BCUT2D eigenvalue weighted by Crippen LogP contribution is -2.09. The van der Waals surface area contributed by atoms with E-state index in [0.717, 1.165) is 5.69 Å². The maximum Gasteiger partial charge on any atom is 0.162 e. The molecule has 0 saturated heterocycles. The largest absolute Gasteiger partial charge is 0.354 e. The molecule has 0 radical (unpaired) electrons. The minimum atomic E-state index is -0.595. The molecule has 2 aromatic rings. The number of nitrogens with one attached hydrogen (secondary N) is 2. The van der Waals surface area contributed by atoms with Crippen molar-refractivity contribution in [2.24, 2.45) is 0 Å². The van der Waals surface area contributed by atoms with Gasteiger partial charge in [0.05, 0.1) is 5.69 Å². The van der Waals surface area contributed by atoms with Gasteiger partial charge in [-0.1, -0.05) is 23.7 Å². The van der Waals surface area contributed by atoms with Crippen molar-refractivity contribution in [2.75, 3.05) is 10.7 Å². The summed E-state index contributed by atoms with van der Waals surface area (Å²) in [5.41, 5.74) is 3.96. The molecule has 0 aliphatic heterocycles. The molecule has 0 fully saturated rings. The van der Waals surface area contributed by atoms with Gasteiger partial charge in [0.15, 0.2) is 5.03 Å². The molecule has 18 heavy (non-hydrogen) atoms. The van der Waals surface area contributed by atoms with Gasteiger partial charge in [-0.25, -0.2) is 10.1 Å². The van der Waals surface area contributed by atoms with E-state index >= 15 is 0 Å². The quantitative estimate of drug-likeness (QED) is 0.652. The number of halogens is 1. The van der Waals surface area contributed by atoms with Gasteiger partial charge in [-0.05, 0) is 36.4 Å². The normalized spacial score (nSPS) is 9.83. The predicted octanol–water partition coefficient (Wildman–Crippen LogP) is 3.69. The summed E-state index contributed by atoms with van der Waals surface area (Å²) in [5, 5.41) is 13.6. The van der Waals surface area contributed by atoms with Crippen LogP contribution in [0.3, 0.4) is 0 Å². The molecule has 6 heteroatoms. The first-order valence-corrected chi connectivity index (χ1v) is 5.55. The van der Waals surface area contributed by atoms with E-state index in [4.69, 9.17) is 11.6 Å². The zero-order chi connectivity index (χ0) is 13.0. The monoisotopic (exact) mass is 263 g/mol. The Kier molecular flexibility index (Phi) is 3.64. The van der Waals surface area contributed by atoms with Gasteiger partial charge in [-0.15, -0.1) is 5.43 Å². The molecule has 0 aromatic heterocycles. The molecule has 0 atom stereocenters. The maximum atomic E-state index is 10.5. The summed E-state index contributed by atoms with van der Waals surface area (Å²) < 4.78 is 0. The molecule has 2 rings (SSSR count). The summed E-state index contributed by atoms with van der Waals surface area (Å²) in [5.74, 6) is 0. The van der Waals surface area contributed by atoms with Crippen molar-refractivity contribution in [3.8, 4) is 0 Å². The molecule has 0 aliphatic rings. The topological polar surface area (TPSA) is 67.2 Å². The van der Waals surface area contributed by atoms with Gasteiger partial charge in [0.2, 0.25) is 0 Å². The van der Waals surface area contributed by atoms with E-state index in [2.05, 4.69) is 10.7 Å². The van der Waals surface area contributed by atoms with Gasteiger partial charge < -0.3 is 5.32 Å². The molecule has 92 valence electrons. The fraction of sp³-hybridized carbons (Fsp3) is 0.